The molecule has 0 fully saturated rings. The van der Waals surface area contributed by atoms with Crippen LogP contribution in [0.2, 0.25) is 0 Å². The molecule has 0 saturated heterocycles. The lowest BCUT2D eigenvalue weighted by molar-refractivity contribution is 0.0692. The van der Waals surface area contributed by atoms with Gasteiger partial charge < -0.3 is 10.4 Å². The number of hydrogen-bond acceptors (Lipinski definition) is 2. The zero-order valence-electron chi connectivity index (χ0n) is 8.89. The van der Waals surface area contributed by atoms with E-state index in [2.05, 4.69) is 5.32 Å². The van der Waals surface area contributed by atoms with Crippen LogP contribution >= 0.6 is 0 Å². The Labute approximate surface area is 92.1 Å². The highest BCUT2D eigenvalue weighted by molar-refractivity contribution is 5.89. The minimum absolute atomic E-state index is 0.0206. The van der Waals surface area contributed by atoms with Crippen LogP contribution in [-0.2, 0) is 0 Å². The molecule has 88 valence electrons. The lowest BCUT2D eigenvalue weighted by atomic mass is 10.1. The molecule has 1 rings (SSSR count). The number of nitrogens with one attached hydrogen (secondary N) is 1. The van der Waals surface area contributed by atoms with E-state index < -0.39 is 23.2 Å². The van der Waals surface area contributed by atoms with E-state index in [1.54, 1.807) is 0 Å². The number of hydrogen-bond donors (Lipinski definition) is 2. The van der Waals surface area contributed by atoms with Crippen LogP contribution in [0.3, 0.4) is 0 Å². The first-order chi connectivity index (χ1) is 7.56. The molecular formula is C11H13F2NO2. The molecule has 0 aliphatic carbocycles. The summed E-state index contributed by atoms with van der Waals surface area (Å²) in [6.45, 7) is 2.50. The Morgan fingerprint density at radius 2 is 2.06 bits per heavy atom. The van der Waals surface area contributed by atoms with E-state index in [4.69, 9.17) is 5.11 Å². The van der Waals surface area contributed by atoms with Gasteiger partial charge >= 0.3 is 5.97 Å². The molecular weight excluding hydrogens is 216 g/mol. The molecule has 2 N–H and O–H groups in total. The minimum atomic E-state index is -1.41. The average Bonchev–Trinajstić information content (AvgIpc) is 2.21. The maximum absolute atomic E-state index is 13.2. The number of carboxylic acids is 1. The Morgan fingerprint density at radius 3 is 2.62 bits per heavy atom. The van der Waals surface area contributed by atoms with E-state index in [-0.39, 0.29) is 5.69 Å². The Balaban J connectivity index is 2.91. The van der Waals surface area contributed by atoms with Crippen molar-refractivity contribution in [2.45, 2.75) is 19.8 Å². The van der Waals surface area contributed by atoms with Crippen molar-refractivity contribution >= 4 is 11.7 Å². The second kappa shape index (κ2) is 5.44. The summed E-state index contributed by atoms with van der Waals surface area (Å²) in [5.41, 5.74) is -0.507. The number of carboxylic acid groups (broad SMARTS) is 1. The van der Waals surface area contributed by atoms with Gasteiger partial charge in [-0.15, -0.1) is 0 Å². The Hall–Kier alpha value is -1.65. The molecule has 1 aromatic rings. The number of anilines is 1. The summed E-state index contributed by atoms with van der Waals surface area (Å²) in [5.74, 6) is -3.25. The molecule has 0 aliphatic heterocycles. The van der Waals surface area contributed by atoms with Crippen LogP contribution in [0, 0.1) is 11.6 Å². The molecule has 1 aromatic carbocycles. The number of rotatable bonds is 5. The van der Waals surface area contributed by atoms with Gasteiger partial charge in [0.05, 0.1) is 11.3 Å². The van der Waals surface area contributed by atoms with Gasteiger partial charge in [-0.05, 0) is 12.5 Å². The summed E-state index contributed by atoms with van der Waals surface area (Å²) >= 11 is 0. The Morgan fingerprint density at radius 1 is 1.38 bits per heavy atom. The number of halogens is 2. The lowest BCUT2D eigenvalue weighted by Crippen LogP contribution is -2.07. The molecule has 0 aromatic heterocycles. The molecule has 0 unspecified atom stereocenters. The summed E-state index contributed by atoms with van der Waals surface area (Å²) in [4.78, 5) is 10.6. The SMILES string of the molecule is CCCCNc1cc(C(=O)O)c(F)cc1F. The predicted molar refractivity (Wildman–Crippen MR) is 56.7 cm³/mol. The maximum atomic E-state index is 13.2. The highest BCUT2D eigenvalue weighted by Gasteiger charge is 2.14. The third-order valence-electron chi connectivity index (χ3n) is 2.13. The van der Waals surface area contributed by atoms with E-state index >= 15 is 0 Å². The largest absolute Gasteiger partial charge is 0.478 e. The Bertz CT molecular complexity index is 394. The molecule has 0 bridgehead atoms. The van der Waals surface area contributed by atoms with Gasteiger partial charge in [0.25, 0.3) is 0 Å². The van der Waals surface area contributed by atoms with Crippen LogP contribution < -0.4 is 5.32 Å². The monoisotopic (exact) mass is 229 g/mol. The predicted octanol–water partition coefficient (Wildman–Crippen LogP) is 2.88. The minimum Gasteiger partial charge on any atom is -0.478 e. The van der Waals surface area contributed by atoms with Gasteiger partial charge in [0.15, 0.2) is 0 Å². The first-order valence-corrected chi connectivity index (χ1v) is 5.02. The van der Waals surface area contributed by atoms with Crippen molar-refractivity contribution in [1.29, 1.82) is 0 Å². The molecule has 0 heterocycles. The fourth-order valence-electron chi connectivity index (χ4n) is 1.25. The van der Waals surface area contributed by atoms with Crippen molar-refractivity contribution < 1.29 is 18.7 Å². The number of aromatic carboxylic acids is 1. The fourth-order valence-corrected chi connectivity index (χ4v) is 1.25. The summed E-state index contributed by atoms with van der Waals surface area (Å²) < 4.78 is 26.2. The van der Waals surface area contributed by atoms with Gasteiger partial charge in [0, 0.05) is 12.6 Å². The third-order valence-corrected chi connectivity index (χ3v) is 2.13. The van der Waals surface area contributed by atoms with E-state index in [9.17, 15) is 13.6 Å². The number of benzene rings is 1. The molecule has 0 atom stereocenters. The summed E-state index contributed by atoms with van der Waals surface area (Å²) in [6, 6.07) is 1.56. The fraction of sp³-hybridized carbons (Fsp3) is 0.364. The maximum Gasteiger partial charge on any atom is 0.338 e. The van der Waals surface area contributed by atoms with Crippen LogP contribution in [0.1, 0.15) is 30.1 Å². The quantitative estimate of drug-likeness (QED) is 0.763. The van der Waals surface area contributed by atoms with Crippen LogP contribution in [0.25, 0.3) is 0 Å². The molecule has 0 radical (unpaired) electrons. The van der Waals surface area contributed by atoms with Crippen molar-refractivity contribution in [1.82, 2.24) is 0 Å². The van der Waals surface area contributed by atoms with E-state index in [0.717, 1.165) is 18.9 Å². The topological polar surface area (TPSA) is 49.3 Å². The van der Waals surface area contributed by atoms with Crippen LogP contribution in [0.5, 0.6) is 0 Å². The molecule has 0 spiro atoms. The van der Waals surface area contributed by atoms with E-state index in [1.807, 2.05) is 6.92 Å². The molecule has 0 aliphatic rings. The van der Waals surface area contributed by atoms with Gasteiger partial charge in [-0.1, -0.05) is 13.3 Å². The van der Waals surface area contributed by atoms with Gasteiger partial charge in [0.2, 0.25) is 0 Å². The normalized spacial score (nSPS) is 10.2. The summed E-state index contributed by atoms with van der Waals surface area (Å²) in [5, 5.41) is 11.4. The zero-order chi connectivity index (χ0) is 12.1. The van der Waals surface area contributed by atoms with Crippen LogP contribution in [-0.4, -0.2) is 17.6 Å². The smallest absolute Gasteiger partial charge is 0.338 e. The van der Waals surface area contributed by atoms with E-state index in [0.29, 0.717) is 12.6 Å². The second-order valence-electron chi connectivity index (χ2n) is 3.40. The van der Waals surface area contributed by atoms with Crippen LogP contribution in [0.4, 0.5) is 14.5 Å². The molecule has 0 amide bonds. The number of carbonyl (C=O) groups is 1. The number of unbranched alkanes of at least 4 members (excludes halogenated alkanes) is 1. The third kappa shape index (κ3) is 2.92. The first kappa shape index (κ1) is 12.4. The second-order valence-corrected chi connectivity index (χ2v) is 3.40. The van der Waals surface area contributed by atoms with Crippen molar-refractivity contribution in [3.05, 3.63) is 29.3 Å². The van der Waals surface area contributed by atoms with Gasteiger partial charge in [-0.2, -0.15) is 0 Å². The molecule has 5 heteroatoms. The Kier molecular flexibility index (Phi) is 4.22. The summed E-state index contributed by atoms with van der Waals surface area (Å²) in [6.07, 6.45) is 1.76. The molecule has 16 heavy (non-hydrogen) atoms. The highest BCUT2D eigenvalue weighted by atomic mass is 19.1. The zero-order valence-corrected chi connectivity index (χ0v) is 8.89. The first-order valence-electron chi connectivity index (χ1n) is 5.02. The van der Waals surface area contributed by atoms with Crippen molar-refractivity contribution in [3.8, 4) is 0 Å². The standard InChI is InChI=1S/C11H13F2NO2/c1-2-3-4-14-10-5-7(11(15)16)8(12)6-9(10)13/h5-6,14H,2-4H2,1H3,(H,15,16). The van der Waals surface area contributed by atoms with E-state index in [1.165, 1.54) is 0 Å². The van der Waals surface area contributed by atoms with Crippen LogP contribution in [0.15, 0.2) is 12.1 Å². The summed E-state index contributed by atoms with van der Waals surface area (Å²) in [7, 11) is 0. The lowest BCUT2D eigenvalue weighted by Gasteiger charge is -2.08. The highest BCUT2D eigenvalue weighted by Crippen LogP contribution is 2.19. The van der Waals surface area contributed by atoms with Gasteiger partial charge in [0.1, 0.15) is 11.6 Å². The van der Waals surface area contributed by atoms with Gasteiger partial charge in [-0.3, -0.25) is 0 Å². The van der Waals surface area contributed by atoms with Crippen molar-refractivity contribution in [2.24, 2.45) is 0 Å². The average molecular weight is 229 g/mol. The van der Waals surface area contributed by atoms with Gasteiger partial charge in [-0.25, -0.2) is 13.6 Å². The van der Waals surface area contributed by atoms with Crippen molar-refractivity contribution in [3.63, 3.8) is 0 Å². The molecule has 0 saturated carbocycles. The molecule has 3 nitrogen and oxygen atoms in total. The van der Waals surface area contributed by atoms with Crippen molar-refractivity contribution in [2.75, 3.05) is 11.9 Å².